The summed E-state index contributed by atoms with van der Waals surface area (Å²) in [7, 11) is 0. The number of benzene rings is 1. The van der Waals surface area contributed by atoms with E-state index in [0.717, 1.165) is 22.5 Å². The van der Waals surface area contributed by atoms with Gasteiger partial charge < -0.3 is 10.3 Å². The second-order valence-electron chi connectivity index (χ2n) is 5.55. The summed E-state index contributed by atoms with van der Waals surface area (Å²) in [6, 6.07) is 12.4. The van der Waals surface area contributed by atoms with E-state index in [4.69, 9.17) is 0 Å². The molecule has 20 heavy (non-hydrogen) atoms. The van der Waals surface area contributed by atoms with Crippen LogP contribution in [-0.4, -0.2) is 15.0 Å². The van der Waals surface area contributed by atoms with E-state index in [-0.39, 0.29) is 5.54 Å². The van der Waals surface area contributed by atoms with Gasteiger partial charge in [-0.05, 0) is 32.4 Å². The molecular weight excluding hydrogens is 248 g/mol. The lowest BCUT2D eigenvalue weighted by Gasteiger charge is -2.27. The first-order valence-electron chi connectivity index (χ1n) is 6.70. The highest BCUT2D eigenvalue weighted by Gasteiger charge is 2.21. The molecule has 4 heteroatoms. The van der Waals surface area contributed by atoms with Crippen LogP contribution in [0.15, 0.2) is 42.7 Å². The number of hydrogen-bond acceptors (Lipinski definition) is 3. The van der Waals surface area contributed by atoms with Gasteiger partial charge in [-0.2, -0.15) is 0 Å². The van der Waals surface area contributed by atoms with Crippen LogP contribution in [0.1, 0.15) is 25.1 Å². The number of nitrogens with one attached hydrogen (secondary N) is 2. The molecule has 2 aromatic heterocycles. The molecule has 0 saturated heterocycles. The first-order chi connectivity index (χ1) is 9.56. The minimum Gasteiger partial charge on any atom is -0.360 e. The van der Waals surface area contributed by atoms with Crippen LogP contribution in [0.2, 0.25) is 0 Å². The Morgan fingerprint density at radius 2 is 1.85 bits per heavy atom. The fourth-order valence-electron chi connectivity index (χ4n) is 2.39. The molecule has 4 nitrogen and oxygen atoms in total. The molecule has 0 bridgehead atoms. The number of hydrogen-bond donors (Lipinski definition) is 2. The van der Waals surface area contributed by atoms with Crippen molar-refractivity contribution in [2.45, 2.75) is 26.3 Å². The van der Waals surface area contributed by atoms with Crippen LogP contribution < -0.4 is 5.32 Å². The fraction of sp³-hybridized carbons (Fsp3) is 0.250. The Morgan fingerprint density at radius 1 is 1.10 bits per heavy atom. The van der Waals surface area contributed by atoms with Crippen LogP contribution >= 0.6 is 0 Å². The fourth-order valence-corrected chi connectivity index (χ4v) is 2.39. The van der Waals surface area contributed by atoms with E-state index in [1.807, 2.05) is 13.0 Å². The third-order valence-electron chi connectivity index (χ3n) is 3.49. The van der Waals surface area contributed by atoms with Gasteiger partial charge in [0.15, 0.2) is 0 Å². The highest BCUT2D eigenvalue weighted by molar-refractivity contribution is 5.87. The van der Waals surface area contributed by atoms with Crippen molar-refractivity contribution in [3.63, 3.8) is 0 Å². The van der Waals surface area contributed by atoms with E-state index in [0.29, 0.717) is 0 Å². The Kier molecular flexibility index (Phi) is 2.93. The van der Waals surface area contributed by atoms with Gasteiger partial charge in [0.2, 0.25) is 0 Å². The SMILES string of the molecule is Cc1cc2c(NC(C)(C)c3ccccc3)ncnc2[nH]1. The average Bonchev–Trinajstić information content (AvgIpc) is 2.81. The standard InChI is InChI=1S/C16H18N4/c1-11-9-13-14(19-11)17-10-18-15(13)20-16(2,3)12-7-5-4-6-8-12/h4-10H,1-3H3,(H2,17,18,19,20). The van der Waals surface area contributed by atoms with E-state index in [1.54, 1.807) is 6.33 Å². The van der Waals surface area contributed by atoms with Crippen LogP contribution in [-0.2, 0) is 5.54 Å². The minimum atomic E-state index is -0.201. The smallest absolute Gasteiger partial charge is 0.143 e. The van der Waals surface area contributed by atoms with Crippen LogP contribution in [0.3, 0.4) is 0 Å². The summed E-state index contributed by atoms with van der Waals surface area (Å²) in [4.78, 5) is 11.9. The first kappa shape index (κ1) is 12.7. The highest BCUT2D eigenvalue weighted by Crippen LogP contribution is 2.28. The van der Waals surface area contributed by atoms with Crippen LogP contribution in [0, 0.1) is 6.92 Å². The maximum absolute atomic E-state index is 4.39. The molecule has 1 aromatic carbocycles. The molecule has 3 rings (SSSR count). The van der Waals surface area contributed by atoms with Gasteiger partial charge in [0.25, 0.3) is 0 Å². The van der Waals surface area contributed by atoms with Crippen molar-refractivity contribution in [3.05, 3.63) is 54.0 Å². The minimum absolute atomic E-state index is 0.201. The monoisotopic (exact) mass is 266 g/mol. The zero-order chi connectivity index (χ0) is 14.2. The quantitative estimate of drug-likeness (QED) is 0.761. The Bertz CT molecular complexity index is 729. The van der Waals surface area contributed by atoms with Gasteiger partial charge in [0, 0.05) is 5.69 Å². The molecule has 0 aliphatic heterocycles. The number of aromatic nitrogens is 3. The van der Waals surface area contributed by atoms with Gasteiger partial charge in [0.1, 0.15) is 17.8 Å². The topological polar surface area (TPSA) is 53.6 Å². The van der Waals surface area contributed by atoms with E-state index >= 15 is 0 Å². The number of anilines is 1. The van der Waals surface area contributed by atoms with Gasteiger partial charge in [-0.25, -0.2) is 9.97 Å². The van der Waals surface area contributed by atoms with Gasteiger partial charge in [-0.15, -0.1) is 0 Å². The largest absolute Gasteiger partial charge is 0.360 e. The lowest BCUT2D eigenvalue weighted by molar-refractivity contribution is 0.607. The molecule has 0 spiro atoms. The Morgan fingerprint density at radius 3 is 2.60 bits per heavy atom. The van der Waals surface area contributed by atoms with Gasteiger partial charge in [-0.1, -0.05) is 30.3 Å². The number of fused-ring (bicyclic) bond motifs is 1. The predicted molar refractivity (Wildman–Crippen MR) is 81.7 cm³/mol. The molecule has 0 saturated carbocycles. The molecule has 2 heterocycles. The molecule has 0 aliphatic carbocycles. The number of aryl methyl sites for hydroxylation is 1. The Labute approximate surface area is 118 Å². The number of aromatic amines is 1. The number of rotatable bonds is 3. The second-order valence-corrected chi connectivity index (χ2v) is 5.55. The Balaban J connectivity index is 2.00. The van der Waals surface area contributed by atoms with Crippen LogP contribution in [0.4, 0.5) is 5.82 Å². The van der Waals surface area contributed by atoms with E-state index in [9.17, 15) is 0 Å². The summed E-state index contributed by atoms with van der Waals surface area (Å²) in [5.74, 6) is 0.855. The average molecular weight is 266 g/mol. The third-order valence-corrected chi connectivity index (χ3v) is 3.49. The van der Waals surface area contributed by atoms with Crippen molar-refractivity contribution in [1.82, 2.24) is 15.0 Å². The summed E-state index contributed by atoms with van der Waals surface area (Å²) in [5, 5.41) is 4.54. The van der Waals surface area contributed by atoms with E-state index < -0.39 is 0 Å². The van der Waals surface area contributed by atoms with Crippen molar-refractivity contribution in [1.29, 1.82) is 0 Å². The first-order valence-corrected chi connectivity index (χ1v) is 6.70. The normalized spacial score (nSPS) is 11.8. The molecule has 0 amide bonds. The molecule has 102 valence electrons. The number of H-pyrrole nitrogens is 1. The molecule has 2 N–H and O–H groups in total. The summed E-state index contributed by atoms with van der Waals surface area (Å²) < 4.78 is 0. The van der Waals surface area contributed by atoms with Crippen LogP contribution in [0.5, 0.6) is 0 Å². The lowest BCUT2D eigenvalue weighted by Crippen LogP contribution is -2.28. The lowest BCUT2D eigenvalue weighted by atomic mass is 9.94. The molecule has 0 unspecified atom stereocenters. The van der Waals surface area contributed by atoms with Crippen LogP contribution in [0.25, 0.3) is 11.0 Å². The highest BCUT2D eigenvalue weighted by atomic mass is 15.1. The molecule has 3 aromatic rings. The zero-order valence-electron chi connectivity index (χ0n) is 11.9. The predicted octanol–water partition coefficient (Wildman–Crippen LogP) is 3.61. The summed E-state index contributed by atoms with van der Waals surface area (Å²) in [5.41, 5.74) is 2.97. The van der Waals surface area contributed by atoms with E-state index in [1.165, 1.54) is 5.56 Å². The molecule has 0 atom stereocenters. The zero-order valence-corrected chi connectivity index (χ0v) is 11.9. The van der Waals surface area contributed by atoms with Gasteiger partial charge in [0.05, 0.1) is 10.9 Å². The number of nitrogens with zero attached hydrogens (tertiary/aromatic N) is 2. The van der Waals surface area contributed by atoms with Crippen molar-refractivity contribution >= 4 is 16.9 Å². The van der Waals surface area contributed by atoms with Crippen molar-refractivity contribution < 1.29 is 0 Å². The second kappa shape index (κ2) is 4.63. The summed E-state index contributed by atoms with van der Waals surface area (Å²) >= 11 is 0. The maximum atomic E-state index is 4.39. The molecule has 0 radical (unpaired) electrons. The Hall–Kier alpha value is -2.36. The van der Waals surface area contributed by atoms with Gasteiger partial charge >= 0.3 is 0 Å². The third kappa shape index (κ3) is 2.25. The maximum Gasteiger partial charge on any atom is 0.143 e. The van der Waals surface area contributed by atoms with Crippen molar-refractivity contribution in [3.8, 4) is 0 Å². The van der Waals surface area contributed by atoms with Crippen molar-refractivity contribution in [2.75, 3.05) is 5.32 Å². The molecular formula is C16H18N4. The molecule has 0 fully saturated rings. The van der Waals surface area contributed by atoms with Gasteiger partial charge in [-0.3, -0.25) is 0 Å². The van der Waals surface area contributed by atoms with Crippen molar-refractivity contribution in [2.24, 2.45) is 0 Å². The summed E-state index contributed by atoms with van der Waals surface area (Å²) in [6.07, 6.45) is 1.58. The summed E-state index contributed by atoms with van der Waals surface area (Å²) in [6.45, 7) is 6.32. The molecule has 0 aliphatic rings. The van der Waals surface area contributed by atoms with E-state index in [2.05, 4.69) is 64.4 Å².